The normalized spacial score (nSPS) is 10.6. The Morgan fingerprint density at radius 2 is 1.87 bits per heavy atom. The average Bonchev–Trinajstić information content (AvgIpc) is 2.70. The van der Waals surface area contributed by atoms with Gasteiger partial charge in [-0.1, -0.05) is 35.4 Å². The Morgan fingerprint density at radius 1 is 1.16 bits per heavy atom. The first-order valence-corrected chi connectivity index (χ1v) is 9.73. The summed E-state index contributed by atoms with van der Waals surface area (Å²) in [6, 6.07) is 11.4. The number of hydrogen-bond donors (Lipinski definition) is 2. The molecule has 31 heavy (non-hydrogen) atoms. The summed E-state index contributed by atoms with van der Waals surface area (Å²) in [5.41, 5.74) is 2.88. The maximum absolute atomic E-state index is 13.3. The number of halogens is 2. The quantitative estimate of drug-likeness (QED) is 0.564. The highest BCUT2D eigenvalue weighted by Crippen LogP contribution is 2.21. The van der Waals surface area contributed by atoms with E-state index in [9.17, 15) is 19.1 Å². The number of carbonyl (C=O) groups is 2. The van der Waals surface area contributed by atoms with Crippen molar-refractivity contribution in [2.75, 3.05) is 11.9 Å². The Labute approximate surface area is 183 Å². The van der Waals surface area contributed by atoms with E-state index in [-0.39, 0.29) is 17.1 Å². The van der Waals surface area contributed by atoms with Gasteiger partial charge in [0, 0.05) is 23.5 Å². The number of aromatic nitrogens is 2. The maximum atomic E-state index is 13.3. The standard InChI is InChI=1S/C22H20ClFN4O3/c1-13-3-7-17(8-4-13)27-22-25-10-18(14(2)26-22)21(31)28(12-20(29)30)11-15-5-6-16(24)9-19(15)23/h3-10H,11-12H2,1-2H3,(H,29,30)(H,25,26,27). The molecule has 0 atom stereocenters. The van der Waals surface area contributed by atoms with E-state index in [2.05, 4.69) is 15.3 Å². The van der Waals surface area contributed by atoms with Crippen molar-refractivity contribution >= 4 is 35.1 Å². The van der Waals surface area contributed by atoms with Crippen LogP contribution < -0.4 is 5.32 Å². The van der Waals surface area contributed by atoms with Gasteiger partial charge in [0.15, 0.2) is 0 Å². The van der Waals surface area contributed by atoms with Crippen LogP contribution in [0.2, 0.25) is 5.02 Å². The highest BCUT2D eigenvalue weighted by atomic mass is 35.5. The van der Waals surface area contributed by atoms with E-state index in [1.807, 2.05) is 31.2 Å². The molecule has 0 spiro atoms. The Hall–Kier alpha value is -3.52. The summed E-state index contributed by atoms with van der Waals surface area (Å²) in [6.07, 6.45) is 1.35. The van der Waals surface area contributed by atoms with E-state index in [0.29, 0.717) is 17.2 Å². The van der Waals surface area contributed by atoms with Crippen LogP contribution >= 0.6 is 11.6 Å². The molecule has 1 aromatic heterocycles. The van der Waals surface area contributed by atoms with Crippen molar-refractivity contribution in [2.24, 2.45) is 0 Å². The molecule has 0 saturated carbocycles. The number of carboxylic acid groups (broad SMARTS) is 1. The molecule has 160 valence electrons. The number of amides is 1. The largest absolute Gasteiger partial charge is 0.480 e. The molecule has 7 nitrogen and oxygen atoms in total. The smallest absolute Gasteiger partial charge is 0.323 e. The molecular weight excluding hydrogens is 423 g/mol. The van der Waals surface area contributed by atoms with Gasteiger partial charge in [-0.15, -0.1) is 0 Å². The van der Waals surface area contributed by atoms with Crippen LogP contribution in [0, 0.1) is 19.7 Å². The number of nitrogens with zero attached hydrogens (tertiary/aromatic N) is 3. The molecule has 0 unspecified atom stereocenters. The summed E-state index contributed by atoms with van der Waals surface area (Å²) in [6.45, 7) is 2.95. The molecule has 0 radical (unpaired) electrons. The zero-order chi connectivity index (χ0) is 22.5. The Morgan fingerprint density at radius 3 is 2.48 bits per heavy atom. The van der Waals surface area contributed by atoms with Crippen molar-refractivity contribution in [3.05, 3.63) is 81.9 Å². The number of hydrogen-bond acceptors (Lipinski definition) is 5. The number of carbonyl (C=O) groups excluding carboxylic acids is 1. The molecule has 0 aliphatic carbocycles. The number of anilines is 2. The number of aryl methyl sites for hydroxylation is 2. The molecule has 1 heterocycles. The van der Waals surface area contributed by atoms with Crippen LogP contribution in [0.15, 0.2) is 48.7 Å². The first-order chi connectivity index (χ1) is 14.7. The van der Waals surface area contributed by atoms with Gasteiger partial charge < -0.3 is 15.3 Å². The number of aliphatic carboxylic acids is 1. The first-order valence-electron chi connectivity index (χ1n) is 9.35. The van der Waals surface area contributed by atoms with E-state index >= 15 is 0 Å². The van der Waals surface area contributed by atoms with E-state index in [4.69, 9.17) is 11.6 Å². The summed E-state index contributed by atoms with van der Waals surface area (Å²) in [5, 5.41) is 12.4. The lowest BCUT2D eigenvalue weighted by molar-refractivity contribution is -0.137. The lowest BCUT2D eigenvalue weighted by Crippen LogP contribution is -2.36. The molecule has 1 amide bonds. The van der Waals surface area contributed by atoms with E-state index in [1.165, 1.54) is 18.3 Å². The molecule has 2 aromatic carbocycles. The van der Waals surface area contributed by atoms with Crippen molar-refractivity contribution in [1.29, 1.82) is 0 Å². The molecule has 0 saturated heterocycles. The summed E-state index contributed by atoms with van der Waals surface area (Å²) >= 11 is 6.04. The summed E-state index contributed by atoms with van der Waals surface area (Å²) < 4.78 is 13.3. The fraction of sp³-hybridized carbons (Fsp3) is 0.182. The van der Waals surface area contributed by atoms with Crippen LogP contribution in [0.1, 0.15) is 27.2 Å². The molecule has 0 aliphatic heterocycles. The van der Waals surface area contributed by atoms with Crippen LogP contribution in [0.4, 0.5) is 16.0 Å². The summed E-state index contributed by atoms with van der Waals surface area (Å²) in [5.74, 6) is -1.97. The van der Waals surface area contributed by atoms with Crippen molar-refractivity contribution in [2.45, 2.75) is 20.4 Å². The van der Waals surface area contributed by atoms with Crippen molar-refractivity contribution < 1.29 is 19.1 Å². The minimum Gasteiger partial charge on any atom is -0.480 e. The molecule has 3 rings (SSSR count). The highest BCUT2D eigenvalue weighted by molar-refractivity contribution is 6.31. The Kier molecular flexibility index (Phi) is 6.81. The van der Waals surface area contributed by atoms with Gasteiger partial charge in [-0.05, 0) is 43.7 Å². The minimum atomic E-state index is -1.19. The average molecular weight is 443 g/mol. The minimum absolute atomic E-state index is 0.104. The molecular formula is C22H20ClFN4O3. The van der Waals surface area contributed by atoms with Gasteiger partial charge in [-0.25, -0.2) is 14.4 Å². The monoisotopic (exact) mass is 442 g/mol. The molecule has 9 heteroatoms. The maximum Gasteiger partial charge on any atom is 0.323 e. The van der Waals surface area contributed by atoms with Crippen LogP contribution in [0.5, 0.6) is 0 Å². The van der Waals surface area contributed by atoms with Crippen LogP contribution in [-0.4, -0.2) is 38.4 Å². The van der Waals surface area contributed by atoms with E-state index < -0.39 is 24.2 Å². The second-order valence-electron chi connectivity index (χ2n) is 6.97. The summed E-state index contributed by atoms with van der Waals surface area (Å²) in [4.78, 5) is 33.9. The highest BCUT2D eigenvalue weighted by Gasteiger charge is 2.23. The Bertz CT molecular complexity index is 1120. The molecule has 3 aromatic rings. The van der Waals surface area contributed by atoms with Gasteiger partial charge in [-0.3, -0.25) is 9.59 Å². The zero-order valence-electron chi connectivity index (χ0n) is 16.9. The van der Waals surface area contributed by atoms with E-state index in [0.717, 1.165) is 22.2 Å². The number of nitrogens with one attached hydrogen (secondary N) is 1. The third kappa shape index (κ3) is 5.76. The van der Waals surface area contributed by atoms with Crippen LogP contribution in [-0.2, 0) is 11.3 Å². The SMILES string of the molecule is Cc1ccc(Nc2ncc(C(=O)N(CC(=O)O)Cc3ccc(F)cc3Cl)c(C)n2)cc1. The van der Waals surface area contributed by atoms with Crippen LogP contribution in [0.3, 0.4) is 0 Å². The third-order valence-corrected chi connectivity index (χ3v) is 4.86. The molecule has 2 N–H and O–H groups in total. The Balaban J connectivity index is 1.83. The van der Waals surface area contributed by atoms with Crippen molar-refractivity contribution in [3.8, 4) is 0 Å². The fourth-order valence-corrected chi connectivity index (χ4v) is 3.12. The van der Waals surface area contributed by atoms with Crippen molar-refractivity contribution in [3.63, 3.8) is 0 Å². The molecule has 0 aliphatic rings. The van der Waals surface area contributed by atoms with Crippen LogP contribution in [0.25, 0.3) is 0 Å². The first kappa shape index (κ1) is 22.2. The molecule has 0 bridgehead atoms. The van der Waals surface area contributed by atoms with Crippen molar-refractivity contribution in [1.82, 2.24) is 14.9 Å². The zero-order valence-corrected chi connectivity index (χ0v) is 17.7. The lowest BCUT2D eigenvalue weighted by Gasteiger charge is -2.22. The van der Waals surface area contributed by atoms with E-state index in [1.54, 1.807) is 6.92 Å². The predicted octanol–water partition coefficient (Wildman–Crippen LogP) is 4.36. The van der Waals surface area contributed by atoms with Gasteiger partial charge in [-0.2, -0.15) is 0 Å². The predicted molar refractivity (Wildman–Crippen MR) is 115 cm³/mol. The summed E-state index contributed by atoms with van der Waals surface area (Å²) in [7, 11) is 0. The van der Waals surface area contributed by atoms with Gasteiger partial charge in [0.2, 0.25) is 5.95 Å². The topological polar surface area (TPSA) is 95.4 Å². The lowest BCUT2D eigenvalue weighted by atomic mass is 10.1. The fourth-order valence-electron chi connectivity index (χ4n) is 2.89. The molecule has 0 fully saturated rings. The number of benzene rings is 2. The number of carboxylic acids is 1. The second kappa shape index (κ2) is 9.53. The van der Waals surface area contributed by atoms with Gasteiger partial charge in [0.25, 0.3) is 5.91 Å². The third-order valence-electron chi connectivity index (χ3n) is 4.51. The van der Waals surface area contributed by atoms with Gasteiger partial charge in [0.05, 0.1) is 11.3 Å². The second-order valence-corrected chi connectivity index (χ2v) is 7.38. The van der Waals surface area contributed by atoms with Gasteiger partial charge in [0.1, 0.15) is 12.4 Å². The van der Waals surface area contributed by atoms with Gasteiger partial charge >= 0.3 is 5.97 Å². The number of rotatable bonds is 7.